The van der Waals surface area contributed by atoms with E-state index in [0.29, 0.717) is 30.6 Å². The predicted octanol–water partition coefficient (Wildman–Crippen LogP) is 1.57. The molecule has 2 rings (SSSR count). The summed E-state index contributed by atoms with van der Waals surface area (Å²) in [5.74, 6) is -0.440. The van der Waals surface area contributed by atoms with Gasteiger partial charge in [0, 0.05) is 25.7 Å². The van der Waals surface area contributed by atoms with Crippen LogP contribution in [0.5, 0.6) is 0 Å². The first-order valence-electron chi connectivity index (χ1n) is 6.55. The molecule has 3 N–H and O–H groups in total. The van der Waals surface area contributed by atoms with Gasteiger partial charge in [0.15, 0.2) is 0 Å². The Morgan fingerprint density at radius 3 is 2.68 bits per heavy atom. The summed E-state index contributed by atoms with van der Waals surface area (Å²) in [5.41, 5.74) is 1.37. The van der Waals surface area contributed by atoms with Crippen molar-refractivity contribution < 1.29 is 15.1 Å². The molecule has 0 aliphatic carbocycles. The van der Waals surface area contributed by atoms with Crippen molar-refractivity contribution in [3.8, 4) is 0 Å². The Morgan fingerprint density at radius 2 is 2.16 bits per heavy atom. The molecule has 1 fully saturated rings. The van der Waals surface area contributed by atoms with Gasteiger partial charge in [0.2, 0.25) is 0 Å². The van der Waals surface area contributed by atoms with Crippen LogP contribution in [0, 0.1) is 5.92 Å². The highest BCUT2D eigenvalue weighted by atomic mass is 16.5. The Hall–Kier alpha value is -1.43. The largest absolute Gasteiger partial charge is 0.478 e. The normalized spacial score (nSPS) is 21.5. The first-order chi connectivity index (χ1) is 9.06. The molecule has 0 amide bonds. The van der Waals surface area contributed by atoms with Gasteiger partial charge in [-0.15, -0.1) is 0 Å². The Labute approximate surface area is 112 Å². The van der Waals surface area contributed by atoms with Crippen LogP contribution in [0.2, 0.25) is 0 Å². The Kier molecular flexibility index (Phi) is 4.52. The van der Waals surface area contributed by atoms with Crippen molar-refractivity contribution >= 4 is 5.97 Å². The summed E-state index contributed by atoms with van der Waals surface area (Å²) in [6, 6.07) is 7.23. The van der Waals surface area contributed by atoms with Gasteiger partial charge in [-0.2, -0.15) is 5.06 Å². The third-order valence-electron chi connectivity index (χ3n) is 3.74. The molecule has 1 saturated heterocycles. The van der Waals surface area contributed by atoms with Gasteiger partial charge in [-0.1, -0.05) is 12.1 Å². The molecular weight excluding hydrogens is 244 g/mol. The highest BCUT2D eigenvalue weighted by Crippen LogP contribution is 2.18. The number of carbonyl (C=O) groups is 1. The lowest BCUT2D eigenvalue weighted by atomic mass is 10.0. The first kappa shape index (κ1) is 14.0. The maximum Gasteiger partial charge on any atom is 0.335 e. The van der Waals surface area contributed by atoms with Crippen molar-refractivity contribution in [2.45, 2.75) is 25.9 Å². The molecule has 1 heterocycles. The van der Waals surface area contributed by atoms with Gasteiger partial charge in [-0.25, -0.2) is 4.79 Å². The minimum Gasteiger partial charge on any atom is -0.478 e. The smallest absolute Gasteiger partial charge is 0.335 e. The zero-order chi connectivity index (χ0) is 13.8. The highest BCUT2D eigenvalue weighted by molar-refractivity contribution is 5.87. The van der Waals surface area contributed by atoms with Crippen molar-refractivity contribution in [3.05, 3.63) is 35.4 Å². The van der Waals surface area contributed by atoms with Gasteiger partial charge in [0.1, 0.15) is 0 Å². The van der Waals surface area contributed by atoms with E-state index in [2.05, 4.69) is 12.2 Å². The number of hydrogen-bond acceptors (Lipinski definition) is 4. The van der Waals surface area contributed by atoms with Crippen molar-refractivity contribution in [3.63, 3.8) is 0 Å². The third-order valence-corrected chi connectivity index (χ3v) is 3.74. The van der Waals surface area contributed by atoms with E-state index in [4.69, 9.17) is 5.11 Å². The molecular formula is C14H20N2O3. The average Bonchev–Trinajstić information content (AvgIpc) is 2.83. The van der Waals surface area contributed by atoms with Crippen molar-refractivity contribution in [1.29, 1.82) is 0 Å². The Morgan fingerprint density at radius 1 is 1.47 bits per heavy atom. The van der Waals surface area contributed by atoms with Crippen LogP contribution in [0.1, 0.15) is 29.3 Å². The Balaban J connectivity index is 1.83. The number of nitrogens with one attached hydrogen (secondary N) is 1. The molecule has 0 bridgehead atoms. The molecule has 0 spiro atoms. The number of aromatic carboxylic acids is 1. The second-order valence-electron chi connectivity index (χ2n) is 5.13. The third kappa shape index (κ3) is 3.76. The molecule has 5 nitrogen and oxygen atoms in total. The van der Waals surface area contributed by atoms with Crippen LogP contribution in [-0.4, -0.2) is 40.5 Å². The van der Waals surface area contributed by atoms with E-state index in [9.17, 15) is 10.0 Å². The maximum atomic E-state index is 10.7. The van der Waals surface area contributed by atoms with Gasteiger partial charge < -0.3 is 15.6 Å². The summed E-state index contributed by atoms with van der Waals surface area (Å²) in [7, 11) is 0. The number of hydrogen-bond donors (Lipinski definition) is 3. The monoisotopic (exact) mass is 264 g/mol. The standard InChI is InChI=1S/C14H20N2O3/c1-10(13-6-7-16(19)9-13)15-8-11-2-4-12(5-3-11)14(17)18/h2-5,10,13,15,19H,6-9H2,1H3,(H,17,18). The quantitative estimate of drug-likeness (QED) is 0.753. The predicted molar refractivity (Wildman–Crippen MR) is 71.2 cm³/mol. The maximum absolute atomic E-state index is 10.7. The molecule has 0 saturated carbocycles. The fourth-order valence-electron chi connectivity index (χ4n) is 2.39. The molecule has 0 radical (unpaired) electrons. The van der Waals surface area contributed by atoms with Crippen LogP contribution in [0.4, 0.5) is 0 Å². The SMILES string of the molecule is CC(NCc1ccc(C(=O)O)cc1)C1CCN(O)C1. The number of rotatable bonds is 5. The number of benzene rings is 1. The Bertz CT molecular complexity index is 433. The van der Waals surface area contributed by atoms with E-state index in [0.717, 1.165) is 18.5 Å². The summed E-state index contributed by atoms with van der Waals surface area (Å²) in [5, 5.41) is 23.0. The van der Waals surface area contributed by atoms with E-state index in [1.54, 1.807) is 12.1 Å². The molecule has 0 aromatic heterocycles. The van der Waals surface area contributed by atoms with E-state index in [1.165, 1.54) is 5.06 Å². The van der Waals surface area contributed by atoms with Crippen molar-refractivity contribution in [2.24, 2.45) is 5.92 Å². The van der Waals surface area contributed by atoms with Crippen LogP contribution in [0.25, 0.3) is 0 Å². The summed E-state index contributed by atoms with van der Waals surface area (Å²) in [6.45, 7) is 4.29. The van der Waals surface area contributed by atoms with Crippen LogP contribution in [0.15, 0.2) is 24.3 Å². The summed E-state index contributed by atoms with van der Waals surface area (Å²) >= 11 is 0. The molecule has 1 aliphatic rings. The minimum atomic E-state index is -0.901. The van der Waals surface area contributed by atoms with Gasteiger partial charge >= 0.3 is 5.97 Å². The highest BCUT2D eigenvalue weighted by Gasteiger charge is 2.25. The fourth-order valence-corrected chi connectivity index (χ4v) is 2.39. The number of hydroxylamine groups is 2. The zero-order valence-corrected chi connectivity index (χ0v) is 11.0. The molecule has 1 aliphatic heterocycles. The van der Waals surface area contributed by atoms with Crippen molar-refractivity contribution in [2.75, 3.05) is 13.1 Å². The molecule has 1 aromatic carbocycles. The van der Waals surface area contributed by atoms with Crippen LogP contribution in [0.3, 0.4) is 0 Å². The summed E-state index contributed by atoms with van der Waals surface area (Å²) in [4.78, 5) is 10.7. The van der Waals surface area contributed by atoms with E-state index in [-0.39, 0.29) is 0 Å². The van der Waals surface area contributed by atoms with Crippen molar-refractivity contribution in [1.82, 2.24) is 10.4 Å². The number of carboxylic acids is 1. The lowest BCUT2D eigenvalue weighted by Gasteiger charge is -2.20. The molecule has 1 aromatic rings. The van der Waals surface area contributed by atoms with Gasteiger partial charge in [-0.05, 0) is 37.0 Å². The number of carboxylic acid groups (broad SMARTS) is 1. The molecule has 2 unspecified atom stereocenters. The van der Waals surface area contributed by atoms with E-state index in [1.807, 2.05) is 12.1 Å². The van der Waals surface area contributed by atoms with Gasteiger partial charge in [0.25, 0.3) is 0 Å². The fraction of sp³-hybridized carbons (Fsp3) is 0.500. The molecule has 104 valence electrons. The lowest BCUT2D eigenvalue weighted by Crippen LogP contribution is -2.34. The summed E-state index contributed by atoms with van der Waals surface area (Å²) in [6.07, 6.45) is 1.00. The zero-order valence-electron chi connectivity index (χ0n) is 11.0. The molecule has 2 atom stereocenters. The van der Waals surface area contributed by atoms with Gasteiger partial charge in [-0.3, -0.25) is 0 Å². The lowest BCUT2D eigenvalue weighted by molar-refractivity contribution is -0.0721. The van der Waals surface area contributed by atoms with Gasteiger partial charge in [0.05, 0.1) is 5.56 Å². The van der Waals surface area contributed by atoms with Crippen LogP contribution in [-0.2, 0) is 6.54 Å². The second kappa shape index (κ2) is 6.14. The minimum absolute atomic E-state index is 0.309. The van der Waals surface area contributed by atoms with Crippen LogP contribution >= 0.6 is 0 Å². The summed E-state index contributed by atoms with van der Waals surface area (Å²) < 4.78 is 0. The van der Waals surface area contributed by atoms with E-state index < -0.39 is 5.97 Å². The second-order valence-corrected chi connectivity index (χ2v) is 5.13. The van der Waals surface area contributed by atoms with E-state index >= 15 is 0 Å². The first-order valence-corrected chi connectivity index (χ1v) is 6.55. The average molecular weight is 264 g/mol. The molecule has 5 heteroatoms. The van der Waals surface area contributed by atoms with Crippen LogP contribution < -0.4 is 5.32 Å². The topological polar surface area (TPSA) is 72.8 Å². The number of nitrogens with zero attached hydrogens (tertiary/aromatic N) is 1. The molecule has 19 heavy (non-hydrogen) atoms.